The number of aromatic nitrogens is 1. The molecule has 0 bridgehead atoms. The van der Waals surface area contributed by atoms with Gasteiger partial charge >= 0.3 is 5.97 Å². The highest BCUT2D eigenvalue weighted by Crippen LogP contribution is 2.30. The maximum atomic E-state index is 10.7. The zero-order valence-electron chi connectivity index (χ0n) is 9.98. The van der Waals surface area contributed by atoms with Gasteiger partial charge in [0.05, 0.1) is 6.20 Å². The summed E-state index contributed by atoms with van der Waals surface area (Å²) in [6.07, 6.45) is 6.66. The zero-order valence-corrected chi connectivity index (χ0v) is 10.8. The number of anilines is 1. The zero-order chi connectivity index (χ0) is 12.3. The molecule has 5 heteroatoms. The molecular weight excluding hydrogens is 236 g/mol. The highest BCUT2D eigenvalue weighted by atomic mass is 32.1. The lowest BCUT2D eigenvalue weighted by Crippen LogP contribution is -2.24. The number of carbonyl (C=O) groups is 1. The molecule has 4 nitrogen and oxygen atoms in total. The van der Waals surface area contributed by atoms with Gasteiger partial charge in [-0.2, -0.15) is 0 Å². The lowest BCUT2D eigenvalue weighted by atomic mass is 9.80. The van der Waals surface area contributed by atoms with E-state index < -0.39 is 5.97 Å². The molecule has 17 heavy (non-hydrogen) atoms. The highest BCUT2D eigenvalue weighted by Gasteiger charge is 2.21. The van der Waals surface area contributed by atoms with Crippen LogP contribution in [0.15, 0.2) is 6.20 Å². The van der Waals surface area contributed by atoms with E-state index in [0.717, 1.165) is 17.6 Å². The Labute approximate surface area is 105 Å². The van der Waals surface area contributed by atoms with Crippen LogP contribution in [0.4, 0.5) is 5.13 Å². The molecule has 1 aromatic rings. The van der Waals surface area contributed by atoms with Gasteiger partial charge in [-0.3, -0.25) is 0 Å². The molecule has 2 atom stereocenters. The lowest BCUT2D eigenvalue weighted by molar-refractivity contribution is 0.0702. The van der Waals surface area contributed by atoms with Crippen molar-refractivity contribution >= 4 is 22.4 Å². The van der Waals surface area contributed by atoms with Gasteiger partial charge in [-0.15, -0.1) is 0 Å². The van der Waals surface area contributed by atoms with Crippen LogP contribution in [0.25, 0.3) is 0 Å². The molecule has 1 aliphatic rings. The molecule has 2 unspecified atom stereocenters. The van der Waals surface area contributed by atoms with Crippen LogP contribution >= 0.6 is 11.3 Å². The fourth-order valence-electron chi connectivity index (χ4n) is 2.37. The number of nitrogens with one attached hydrogen (secondary N) is 1. The van der Waals surface area contributed by atoms with Gasteiger partial charge in [0.2, 0.25) is 0 Å². The monoisotopic (exact) mass is 254 g/mol. The van der Waals surface area contributed by atoms with Crippen molar-refractivity contribution in [1.29, 1.82) is 0 Å². The van der Waals surface area contributed by atoms with Crippen molar-refractivity contribution < 1.29 is 9.90 Å². The summed E-state index contributed by atoms with van der Waals surface area (Å²) in [5, 5.41) is 12.8. The molecule has 1 aliphatic carbocycles. The van der Waals surface area contributed by atoms with Gasteiger partial charge in [0.15, 0.2) is 5.13 Å². The molecule has 0 aromatic carbocycles. The summed E-state index contributed by atoms with van der Waals surface area (Å²) in [6, 6.07) is 0. The van der Waals surface area contributed by atoms with Crippen molar-refractivity contribution in [2.75, 3.05) is 11.9 Å². The van der Waals surface area contributed by atoms with Crippen molar-refractivity contribution in [3.63, 3.8) is 0 Å². The minimum Gasteiger partial charge on any atom is -0.477 e. The van der Waals surface area contributed by atoms with E-state index in [9.17, 15) is 4.79 Å². The van der Waals surface area contributed by atoms with Gasteiger partial charge in [0, 0.05) is 6.54 Å². The van der Waals surface area contributed by atoms with Gasteiger partial charge in [0.1, 0.15) is 4.88 Å². The highest BCUT2D eigenvalue weighted by molar-refractivity contribution is 7.17. The normalized spacial score (nSPS) is 24.5. The fourth-order valence-corrected chi connectivity index (χ4v) is 3.03. The molecule has 1 fully saturated rings. The first-order valence-corrected chi connectivity index (χ1v) is 6.91. The van der Waals surface area contributed by atoms with Gasteiger partial charge in [-0.1, -0.05) is 37.5 Å². The van der Waals surface area contributed by atoms with Crippen LogP contribution in [0.2, 0.25) is 0 Å². The third-order valence-corrected chi connectivity index (χ3v) is 4.46. The fraction of sp³-hybridized carbons (Fsp3) is 0.667. The molecule has 1 heterocycles. The third-order valence-electron chi connectivity index (χ3n) is 3.52. The van der Waals surface area contributed by atoms with E-state index in [-0.39, 0.29) is 0 Å². The summed E-state index contributed by atoms with van der Waals surface area (Å²) in [5.41, 5.74) is 0. The number of nitrogens with zero attached hydrogens (tertiary/aromatic N) is 1. The molecule has 2 rings (SSSR count). The first kappa shape index (κ1) is 12.4. The second-order valence-electron chi connectivity index (χ2n) is 4.74. The van der Waals surface area contributed by atoms with Crippen LogP contribution in [0, 0.1) is 11.8 Å². The average molecular weight is 254 g/mol. The first-order chi connectivity index (χ1) is 8.16. The average Bonchev–Trinajstić information content (AvgIpc) is 2.77. The molecule has 0 spiro atoms. The Morgan fingerprint density at radius 1 is 1.59 bits per heavy atom. The number of rotatable bonds is 4. The van der Waals surface area contributed by atoms with E-state index in [1.165, 1.54) is 43.2 Å². The Morgan fingerprint density at radius 2 is 2.35 bits per heavy atom. The Kier molecular flexibility index (Phi) is 3.99. The molecule has 0 radical (unpaired) electrons. The minimum absolute atomic E-state index is 0.296. The summed E-state index contributed by atoms with van der Waals surface area (Å²) < 4.78 is 0. The van der Waals surface area contributed by atoms with Crippen LogP contribution in [-0.2, 0) is 0 Å². The molecule has 2 N–H and O–H groups in total. The number of carboxylic acid groups (broad SMARTS) is 1. The van der Waals surface area contributed by atoms with Gasteiger partial charge in [0.25, 0.3) is 0 Å². The quantitative estimate of drug-likeness (QED) is 0.866. The number of carboxylic acids is 1. The van der Waals surface area contributed by atoms with E-state index in [1.807, 2.05) is 0 Å². The second kappa shape index (κ2) is 5.49. The number of aromatic carboxylic acids is 1. The van der Waals surface area contributed by atoms with E-state index in [4.69, 9.17) is 5.11 Å². The van der Waals surface area contributed by atoms with Crippen LogP contribution in [0.3, 0.4) is 0 Å². The van der Waals surface area contributed by atoms with Gasteiger partial charge < -0.3 is 10.4 Å². The second-order valence-corrected chi connectivity index (χ2v) is 5.77. The molecule has 0 amide bonds. The number of hydrogen-bond donors (Lipinski definition) is 2. The minimum atomic E-state index is -0.901. The maximum Gasteiger partial charge on any atom is 0.347 e. The van der Waals surface area contributed by atoms with Crippen molar-refractivity contribution in [3.8, 4) is 0 Å². The lowest BCUT2D eigenvalue weighted by Gasteiger charge is -2.28. The summed E-state index contributed by atoms with van der Waals surface area (Å²) >= 11 is 1.21. The van der Waals surface area contributed by atoms with Crippen molar-refractivity contribution in [2.24, 2.45) is 11.8 Å². The molecule has 0 aliphatic heterocycles. The molecule has 1 aromatic heterocycles. The van der Waals surface area contributed by atoms with Crippen LogP contribution in [-0.4, -0.2) is 22.6 Å². The summed E-state index contributed by atoms with van der Waals surface area (Å²) in [7, 11) is 0. The Balaban J connectivity index is 1.86. The Morgan fingerprint density at radius 3 is 3.00 bits per heavy atom. The maximum absolute atomic E-state index is 10.7. The van der Waals surface area contributed by atoms with Gasteiger partial charge in [-0.05, 0) is 18.3 Å². The van der Waals surface area contributed by atoms with Gasteiger partial charge in [-0.25, -0.2) is 9.78 Å². The summed E-state index contributed by atoms with van der Waals surface area (Å²) in [5.74, 6) is 0.553. The summed E-state index contributed by atoms with van der Waals surface area (Å²) in [6.45, 7) is 3.21. The summed E-state index contributed by atoms with van der Waals surface area (Å²) in [4.78, 5) is 15.1. The molecular formula is C12H18N2O2S. The largest absolute Gasteiger partial charge is 0.477 e. The third kappa shape index (κ3) is 3.19. The van der Waals surface area contributed by atoms with E-state index in [2.05, 4.69) is 17.2 Å². The smallest absolute Gasteiger partial charge is 0.347 e. The Bertz CT molecular complexity index is 392. The van der Waals surface area contributed by atoms with Crippen molar-refractivity contribution in [1.82, 2.24) is 4.98 Å². The standard InChI is InChI=1S/C12H18N2O2S/c1-8-4-2-3-5-9(8)6-13-12-14-7-10(17-12)11(15)16/h7-9H,2-6H2,1H3,(H,13,14)(H,15,16). The van der Waals surface area contributed by atoms with Crippen LogP contribution in [0.5, 0.6) is 0 Å². The van der Waals surface area contributed by atoms with E-state index >= 15 is 0 Å². The van der Waals surface area contributed by atoms with E-state index in [0.29, 0.717) is 10.8 Å². The van der Waals surface area contributed by atoms with Crippen LogP contribution in [0.1, 0.15) is 42.3 Å². The Hall–Kier alpha value is -1.10. The van der Waals surface area contributed by atoms with E-state index in [1.54, 1.807) is 0 Å². The van der Waals surface area contributed by atoms with Crippen molar-refractivity contribution in [3.05, 3.63) is 11.1 Å². The number of hydrogen-bond acceptors (Lipinski definition) is 4. The predicted octanol–water partition coefficient (Wildman–Crippen LogP) is 3.08. The molecule has 94 valence electrons. The van der Waals surface area contributed by atoms with Crippen molar-refractivity contribution in [2.45, 2.75) is 32.6 Å². The molecule has 1 saturated carbocycles. The first-order valence-electron chi connectivity index (χ1n) is 6.10. The predicted molar refractivity (Wildman–Crippen MR) is 68.7 cm³/mol. The molecule has 0 saturated heterocycles. The topological polar surface area (TPSA) is 62.2 Å². The SMILES string of the molecule is CC1CCCCC1CNc1ncc(C(=O)O)s1. The van der Waals surface area contributed by atoms with Crippen LogP contribution < -0.4 is 5.32 Å². The number of thiazole rings is 1.